The summed E-state index contributed by atoms with van der Waals surface area (Å²) in [4.78, 5) is 11.3. The van der Waals surface area contributed by atoms with Crippen LogP contribution in [0.4, 0.5) is 0 Å². The maximum atomic E-state index is 11.3. The first-order valence-electron chi connectivity index (χ1n) is 6.58. The van der Waals surface area contributed by atoms with Crippen molar-refractivity contribution < 1.29 is 13.9 Å². The number of carbonyl (C=O) groups excluding carboxylic acids is 1. The van der Waals surface area contributed by atoms with Crippen LogP contribution in [0.15, 0.2) is 33.9 Å². The van der Waals surface area contributed by atoms with Crippen molar-refractivity contribution in [2.45, 2.75) is 25.7 Å². The van der Waals surface area contributed by atoms with Crippen molar-refractivity contribution in [3.05, 3.63) is 35.7 Å². The lowest BCUT2D eigenvalue weighted by Crippen LogP contribution is -2.24. The highest BCUT2D eigenvalue weighted by atomic mass is 32.2. The van der Waals surface area contributed by atoms with Crippen LogP contribution in [0.2, 0.25) is 0 Å². The van der Waals surface area contributed by atoms with Gasteiger partial charge >= 0.3 is 0 Å². The molecule has 0 aliphatic heterocycles. The molecule has 6 nitrogen and oxygen atoms in total. The van der Waals surface area contributed by atoms with Crippen molar-refractivity contribution in [1.82, 2.24) is 15.5 Å². The molecule has 0 aliphatic carbocycles. The monoisotopic (exact) mass is 307 g/mol. The van der Waals surface area contributed by atoms with Gasteiger partial charge in [0.2, 0.25) is 5.91 Å². The number of nitrogens with zero attached hydrogens (tertiary/aromatic N) is 2. The summed E-state index contributed by atoms with van der Waals surface area (Å²) < 4.78 is 11.0. The lowest BCUT2D eigenvalue weighted by molar-refractivity contribution is -0.118. The number of hydrogen-bond donors (Lipinski definition) is 1. The Kier molecular flexibility index (Phi) is 5.62. The van der Waals surface area contributed by atoms with Crippen LogP contribution in [-0.4, -0.2) is 28.4 Å². The molecule has 0 bridgehead atoms. The fourth-order valence-electron chi connectivity index (χ4n) is 1.58. The molecule has 112 valence electrons. The number of nitrogens with one attached hydrogen (secondary N) is 1. The Morgan fingerprint density at radius 3 is 3.05 bits per heavy atom. The molecule has 0 unspecified atom stereocenters. The van der Waals surface area contributed by atoms with Crippen LogP contribution in [-0.2, 0) is 11.4 Å². The SMILES string of the molecule is CCNC(=O)CSc1nnc(COc2cccc(C)c2)o1. The van der Waals surface area contributed by atoms with E-state index in [1.54, 1.807) is 0 Å². The van der Waals surface area contributed by atoms with Gasteiger partial charge in [0, 0.05) is 6.54 Å². The summed E-state index contributed by atoms with van der Waals surface area (Å²) in [5.41, 5.74) is 1.12. The van der Waals surface area contributed by atoms with Gasteiger partial charge in [0.15, 0.2) is 6.61 Å². The molecule has 0 atom stereocenters. The van der Waals surface area contributed by atoms with E-state index in [1.807, 2.05) is 38.1 Å². The molecular weight excluding hydrogens is 290 g/mol. The van der Waals surface area contributed by atoms with Crippen LogP contribution in [0.25, 0.3) is 0 Å². The summed E-state index contributed by atoms with van der Waals surface area (Å²) in [5.74, 6) is 1.34. The van der Waals surface area contributed by atoms with E-state index in [0.717, 1.165) is 11.3 Å². The highest BCUT2D eigenvalue weighted by Crippen LogP contribution is 2.18. The summed E-state index contributed by atoms with van der Waals surface area (Å²) in [7, 11) is 0. The van der Waals surface area contributed by atoms with Gasteiger partial charge in [-0.15, -0.1) is 10.2 Å². The Morgan fingerprint density at radius 2 is 2.29 bits per heavy atom. The van der Waals surface area contributed by atoms with Crippen molar-refractivity contribution >= 4 is 17.7 Å². The molecule has 2 aromatic rings. The van der Waals surface area contributed by atoms with E-state index in [2.05, 4.69) is 15.5 Å². The minimum absolute atomic E-state index is 0.0572. The highest BCUT2D eigenvalue weighted by Gasteiger charge is 2.09. The number of amides is 1. The van der Waals surface area contributed by atoms with E-state index in [1.165, 1.54) is 11.8 Å². The standard InChI is InChI=1S/C14H17N3O3S/c1-3-15-12(18)9-21-14-17-16-13(20-14)8-19-11-6-4-5-10(2)7-11/h4-7H,3,8-9H2,1-2H3,(H,15,18). The molecule has 1 amide bonds. The van der Waals surface area contributed by atoms with Crippen LogP contribution >= 0.6 is 11.8 Å². The van der Waals surface area contributed by atoms with Crippen LogP contribution in [0, 0.1) is 6.92 Å². The Labute approximate surface area is 127 Å². The number of rotatable bonds is 7. The van der Waals surface area contributed by atoms with E-state index >= 15 is 0 Å². The molecule has 0 fully saturated rings. The summed E-state index contributed by atoms with van der Waals surface area (Å²) in [6, 6.07) is 7.72. The first-order chi connectivity index (χ1) is 10.2. The second kappa shape index (κ2) is 7.68. The fourth-order valence-corrected chi connectivity index (χ4v) is 2.19. The number of hydrogen-bond acceptors (Lipinski definition) is 6. The number of ether oxygens (including phenoxy) is 1. The molecule has 0 saturated heterocycles. The average Bonchev–Trinajstić information content (AvgIpc) is 2.91. The Morgan fingerprint density at radius 1 is 1.43 bits per heavy atom. The zero-order valence-corrected chi connectivity index (χ0v) is 12.8. The molecule has 1 heterocycles. The van der Waals surface area contributed by atoms with E-state index in [4.69, 9.17) is 9.15 Å². The van der Waals surface area contributed by atoms with E-state index in [9.17, 15) is 4.79 Å². The van der Waals surface area contributed by atoms with Gasteiger partial charge in [-0.05, 0) is 31.5 Å². The third kappa shape index (κ3) is 5.11. The van der Waals surface area contributed by atoms with Gasteiger partial charge < -0.3 is 14.5 Å². The highest BCUT2D eigenvalue weighted by molar-refractivity contribution is 7.99. The number of benzene rings is 1. The van der Waals surface area contributed by atoms with Crippen LogP contribution in [0.5, 0.6) is 5.75 Å². The first-order valence-corrected chi connectivity index (χ1v) is 7.57. The summed E-state index contributed by atoms with van der Waals surface area (Å²) in [5, 5.41) is 10.8. The minimum atomic E-state index is -0.0572. The van der Waals surface area contributed by atoms with Crippen LogP contribution in [0.3, 0.4) is 0 Å². The zero-order chi connectivity index (χ0) is 15.1. The number of aromatic nitrogens is 2. The molecule has 1 aromatic carbocycles. The maximum absolute atomic E-state index is 11.3. The van der Waals surface area contributed by atoms with Gasteiger partial charge in [-0.25, -0.2) is 0 Å². The van der Waals surface area contributed by atoms with Crippen molar-refractivity contribution in [3.63, 3.8) is 0 Å². The summed E-state index contributed by atoms with van der Waals surface area (Å²) in [6.45, 7) is 4.68. The van der Waals surface area contributed by atoms with Gasteiger partial charge in [0.25, 0.3) is 11.1 Å². The lowest BCUT2D eigenvalue weighted by Gasteiger charge is -2.03. The predicted molar refractivity (Wildman–Crippen MR) is 79.2 cm³/mol. The first kappa shape index (κ1) is 15.4. The van der Waals surface area contributed by atoms with Gasteiger partial charge in [0.1, 0.15) is 5.75 Å². The van der Waals surface area contributed by atoms with Crippen molar-refractivity contribution in [1.29, 1.82) is 0 Å². The van der Waals surface area contributed by atoms with Gasteiger partial charge in [-0.1, -0.05) is 23.9 Å². The van der Waals surface area contributed by atoms with Crippen LogP contribution in [0.1, 0.15) is 18.4 Å². The Bertz CT molecular complexity index is 601. The Hall–Kier alpha value is -2.02. The minimum Gasteiger partial charge on any atom is -0.484 e. The molecule has 0 aliphatic rings. The smallest absolute Gasteiger partial charge is 0.277 e. The topological polar surface area (TPSA) is 77.2 Å². The lowest BCUT2D eigenvalue weighted by atomic mass is 10.2. The average molecular weight is 307 g/mol. The summed E-state index contributed by atoms with van der Waals surface area (Å²) in [6.07, 6.45) is 0. The number of thioether (sulfide) groups is 1. The third-order valence-electron chi connectivity index (χ3n) is 2.50. The molecular formula is C14H17N3O3S. The van der Waals surface area contributed by atoms with E-state index < -0.39 is 0 Å². The second-order valence-electron chi connectivity index (χ2n) is 4.31. The number of carbonyl (C=O) groups is 1. The van der Waals surface area contributed by atoms with Gasteiger partial charge in [0.05, 0.1) is 5.75 Å². The van der Waals surface area contributed by atoms with Gasteiger partial charge in [-0.2, -0.15) is 0 Å². The molecule has 0 saturated carbocycles. The fraction of sp³-hybridized carbons (Fsp3) is 0.357. The maximum Gasteiger partial charge on any atom is 0.277 e. The normalized spacial score (nSPS) is 10.4. The molecule has 1 N–H and O–H groups in total. The largest absolute Gasteiger partial charge is 0.484 e. The predicted octanol–water partition coefficient (Wildman–Crippen LogP) is 2.19. The third-order valence-corrected chi connectivity index (χ3v) is 3.32. The molecule has 21 heavy (non-hydrogen) atoms. The summed E-state index contributed by atoms with van der Waals surface area (Å²) >= 11 is 1.21. The molecule has 0 radical (unpaired) electrons. The van der Waals surface area contributed by atoms with Crippen molar-refractivity contribution in [2.75, 3.05) is 12.3 Å². The molecule has 0 spiro atoms. The Balaban J connectivity index is 1.81. The molecule has 2 rings (SSSR count). The quantitative estimate of drug-likeness (QED) is 0.790. The van der Waals surface area contributed by atoms with Gasteiger partial charge in [-0.3, -0.25) is 4.79 Å². The van der Waals surface area contributed by atoms with Crippen molar-refractivity contribution in [2.24, 2.45) is 0 Å². The zero-order valence-electron chi connectivity index (χ0n) is 12.0. The van der Waals surface area contributed by atoms with E-state index in [-0.39, 0.29) is 18.3 Å². The van der Waals surface area contributed by atoms with Crippen molar-refractivity contribution in [3.8, 4) is 5.75 Å². The molecule has 1 aromatic heterocycles. The number of aryl methyl sites for hydroxylation is 1. The van der Waals surface area contributed by atoms with Crippen LogP contribution < -0.4 is 10.1 Å². The second-order valence-corrected chi connectivity index (χ2v) is 5.24. The van der Waals surface area contributed by atoms with E-state index in [0.29, 0.717) is 17.7 Å². The molecule has 7 heteroatoms.